The molecule has 0 radical (unpaired) electrons. The molecule has 0 atom stereocenters. The van der Waals surface area contributed by atoms with Gasteiger partial charge in [-0.05, 0) is 29.8 Å². The second-order valence-corrected chi connectivity index (χ2v) is 6.89. The molecule has 4 rings (SSSR count). The molecule has 0 saturated carbocycles. The summed E-state index contributed by atoms with van der Waals surface area (Å²) in [5.41, 5.74) is 2.60. The van der Waals surface area contributed by atoms with Crippen LogP contribution in [0.25, 0.3) is 5.52 Å². The fourth-order valence-electron chi connectivity index (χ4n) is 3.22. The molecule has 0 unspecified atom stereocenters. The van der Waals surface area contributed by atoms with E-state index >= 15 is 0 Å². The molecule has 3 heterocycles. The fourth-order valence-corrected chi connectivity index (χ4v) is 3.22. The summed E-state index contributed by atoms with van der Waals surface area (Å²) in [4.78, 5) is 36.1. The van der Waals surface area contributed by atoms with Gasteiger partial charge in [-0.3, -0.25) is 19.0 Å². The molecule has 0 bridgehead atoms. The predicted molar refractivity (Wildman–Crippen MR) is 113 cm³/mol. The molecule has 150 valence electrons. The van der Waals surface area contributed by atoms with Crippen LogP contribution in [-0.2, 0) is 13.1 Å². The Hall–Kier alpha value is -4.00. The maximum absolute atomic E-state index is 13.1. The van der Waals surface area contributed by atoms with E-state index in [4.69, 9.17) is 0 Å². The summed E-state index contributed by atoms with van der Waals surface area (Å²) in [6, 6.07) is 20.6. The Morgan fingerprint density at radius 3 is 2.53 bits per heavy atom. The summed E-state index contributed by atoms with van der Waals surface area (Å²) < 4.78 is 1.64. The molecule has 7 heteroatoms. The van der Waals surface area contributed by atoms with Gasteiger partial charge in [0.25, 0.3) is 11.8 Å². The topological polar surface area (TPSA) is 79.6 Å². The van der Waals surface area contributed by atoms with Crippen molar-refractivity contribution in [2.24, 2.45) is 0 Å². The molecule has 2 amide bonds. The van der Waals surface area contributed by atoms with Gasteiger partial charge in [0.05, 0.1) is 17.8 Å². The number of aromatic nitrogens is 3. The zero-order valence-corrected chi connectivity index (χ0v) is 16.5. The molecule has 0 aliphatic heterocycles. The minimum Gasteiger partial charge on any atom is -0.344 e. The standard InChI is InChI=1S/C23H21N5O2/c1-27(16-17-9-3-2-4-10-17)23(30)20-19-12-6-8-14-28(19)21(26-20)22(29)25-15-18-11-5-7-13-24-18/h2-14H,15-16H2,1H3,(H,25,29). The number of imidazole rings is 1. The third-order valence-corrected chi connectivity index (χ3v) is 4.72. The predicted octanol–water partition coefficient (Wildman–Crippen LogP) is 2.93. The lowest BCUT2D eigenvalue weighted by molar-refractivity contribution is 0.0782. The second-order valence-electron chi connectivity index (χ2n) is 6.89. The van der Waals surface area contributed by atoms with E-state index in [1.54, 1.807) is 40.9 Å². The van der Waals surface area contributed by atoms with Crippen LogP contribution in [0.3, 0.4) is 0 Å². The van der Waals surface area contributed by atoms with Crippen LogP contribution in [0.15, 0.2) is 79.1 Å². The summed E-state index contributed by atoms with van der Waals surface area (Å²) in [6.45, 7) is 0.728. The van der Waals surface area contributed by atoms with Gasteiger partial charge in [0.2, 0.25) is 5.82 Å². The zero-order valence-electron chi connectivity index (χ0n) is 16.5. The van der Waals surface area contributed by atoms with E-state index in [9.17, 15) is 9.59 Å². The van der Waals surface area contributed by atoms with Crippen molar-refractivity contribution in [2.45, 2.75) is 13.1 Å². The number of carbonyl (C=O) groups excluding carboxylic acids is 2. The Bertz CT molecular complexity index is 1170. The highest BCUT2D eigenvalue weighted by Gasteiger charge is 2.23. The van der Waals surface area contributed by atoms with Crippen LogP contribution in [0.2, 0.25) is 0 Å². The van der Waals surface area contributed by atoms with E-state index < -0.39 is 0 Å². The quantitative estimate of drug-likeness (QED) is 0.541. The van der Waals surface area contributed by atoms with Gasteiger partial charge in [0, 0.05) is 26.0 Å². The van der Waals surface area contributed by atoms with Gasteiger partial charge in [-0.2, -0.15) is 0 Å². The number of fused-ring (bicyclic) bond motifs is 1. The van der Waals surface area contributed by atoms with Gasteiger partial charge < -0.3 is 10.2 Å². The van der Waals surface area contributed by atoms with E-state index in [0.717, 1.165) is 11.3 Å². The third kappa shape index (κ3) is 4.05. The first kappa shape index (κ1) is 19.3. The number of benzene rings is 1. The smallest absolute Gasteiger partial charge is 0.288 e. The lowest BCUT2D eigenvalue weighted by atomic mass is 10.2. The highest BCUT2D eigenvalue weighted by Crippen LogP contribution is 2.16. The molecule has 4 aromatic rings. The normalized spacial score (nSPS) is 10.7. The number of hydrogen-bond donors (Lipinski definition) is 1. The van der Waals surface area contributed by atoms with Gasteiger partial charge in [-0.25, -0.2) is 4.98 Å². The molecule has 0 saturated heterocycles. The van der Waals surface area contributed by atoms with Gasteiger partial charge in [0.1, 0.15) is 0 Å². The number of nitrogens with zero attached hydrogens (tertiary/aromatic N) is 4. The largest absolute Gasteiger partial charge is 0.344 e. The van der Waals surface area contributed by atoms with E-state index in [0.29, 0.717) is 12.1 Å². The first-order valence-electron chi connectivity index (χ1n) is 9.58. The maximum Gasteiger partial charge on any atom is 0.288 e. The van der Waals surface area contributed by atoms with Crippen LogP contribution in [0.4, 0.5) is 0 Å². The summed E-state index contributed by atoms with van der Waals surface area (Å²) in [5.74, 6) is -0.448. The van der Waals surface area contributed by atoms with Crippen LogP contribution in [0.5, 0.6) is 0 Å². The summed E-state index contributed by atoms with van der Waals surface area (Å²) >= 11 is 0. The Morgan fingerprint density at radius 2 is 1.77 bits per heavy atom. The molecule has 0 spiro atoms. The van der Waals surface area contributed by atoms with Crippen molar-refractivity contribution in [3.63, 3.8) is 0 Å². The number of hydrogen-bond acceptors (Lipinski definition) is 4. The third-order valence-electron chi connectivity index (χ3n) is 4.72. The fraction of sp³-hybridized carbons (Fsp3) is 0.130. The summed E-state index contributed by atoms with van der Waals surface area (Å²) in [7, 11) is 1.73. The number of nitrogens with one attached hydrogen (secondary N) is 1. The average Bonchev–Trinajstić information content (AvgIpc) is 3.18. The number of pyridine rings is 2. The molecule has 0 aliphatic carbocycles. The van der Waals surface area contributed by atoms with Crippen molar-refractivity contribution in [3.05, 3.63) is 102 Å². The molecule has 1 N–H and O–H groups in total. The van der Waals surface area contributed by atoms with Gasteiger partial charge >= 0.3 is 0 Å². The maximum atomic E-state index is 13.1. The van der Waals surface area contributed by atoms with Crippen molar-refractivity contribution in [2.75, 3.05) is 7.05 Å². The molecule has 1 aromatic carbocycles. The lowest BCUT2D eigenvalue weighted by Crippen LogP contribution is -2.27. The van der Waals surface area contributed by atoms with E-state index in [2.05, 4.69) is 15.3 Å². The highest BCUT2D eigenvalue weighted by atomic mass is 16.2. The summed E-state index contributed by atoms with van der Waals surface area (Å²) in [6.07, 6.45) is 3.40. The molecule has 0 fully saturated rings. The van der Waals surface area contributed by atoms with Crippen molar-refractivity contribution < 1.29 is 9.59 Å². The summed E-state index contributed by atoms with van der Waals surface area (Å²) in [5, 5.41) is 2.82. The van der Waals surface area contributed by atoms with Crippen molar-refractivity contribution >= 4 is 17.3 Å². The van der Waals surface area contributed by atoms with Crippen LogP contribution in [0.1, 0.15) is 32.4 Å². The Balaban J connectivity index is 1.58. The number of amides is 2. The molecular formula is C23H21N5O2. The van der Waals surface area contributed by atoms with Crippen molar-refractivity contribution in [1.29, 1.82) is 0 Å². The van der Waals surface area contributed by atoms with Gasteiger partial charge in [0.15, 0.2) is 5.69 Å². The molecule has 0 aliphatic rings. The minimum absolute atomic E-state index is 0.165. The first-order chi connectivity index (χ1) is 14.6. The van der Waals surface area contributed by atoms with Crippen molar-refractivity contribution in [1.82, 2.24) is 24.6 Å². The van der Waals surface area contributed by atoms with Crippen LogP contribution >= 0.6 is 0 Å². The monoisotopic (exact) mass is 399 g/mol. The van der Waals surface area contributed by atoms with Gasteiger partial charge in [-0.1, -0.05) is 42.5 Å². The Labute approximate surface area is 174 Å². The number of rotatable bonds is 6. The van der Waals surface area contributed by atoms with Crippen LogP contribution in [0, 0.1) is 0 Å². The Morgan fingerprint density at radius 1 is 1.00 bits per heavy atom. The van der Waals surface area contributed by atoms with Crippen LogP contribution < -0.4 is 5.32 Å². The van der Waals surface area contributed by atoms with Crippen molar-refractivity contribution in [3.8, 4) is 0 Å². The average molecular weight is 399 g/mol. The molecular weight excluding hydrogens is 378 g/mol. The molecule has 3 aromatic heterocycles. The SMILES string of the molecule is CN(Cc1ccccc1)C(=O)c1nc(C(=O)NCc2ccccn2)n2ccccc12. The molecule has 7 nitrogen and oxygen atoms in total. The minimum atomic E-state index is -0.369. The second kappa shape index (κ2) is 8.57. The van der Waals surface area contributed by atoms with E-state index in [1.807, 2.05) is 54.6 Å². The molecule has 30 heavy (non-hydrogen) atoms. The highest BCUT2D eigenvalue weighted by molar-refractivity contribution is 6.02. The lowest BCUT2D eigenvalue weighted by Gasteiger charge is -2.16. The zero-order chi connectivity index (χ0) is 20.9. The van der Waals surface area contributed by atoms with Gasteiger partial charge in [-0.15, -0.1) is 0 Å². The number of carbonyl (C=O) groups is 2. The van der Waals surface area contributed by atoms with E-state index in [-0.39, 0.29) is 29.9 Å². The first-order valence-corrected chi connectivity index (χ1v) is 9.58. The van der Waals surface area contributed by atoms with E-state index in [1.165, 1.54) is 0 Å². The van der Waals surface area contributed by atoms with Crippen LogP contribution in [-0.4, -0.2) is 38.1 Å². The Kier molecular flexibility index (Phi) is 5.52.